The number of hydrogen-bond donors (Lipinski definition) is 0. The fraction of sp³-hybridized carbons (Fsp3) is 0. The molecule has 13 aromatic rings. The second-order valence-electron chi connectivity index (χ2n) is 17.9. The Labute approximate surface area is 421 Å². The Bertz CT molecular complexity index is 4040. The predicted octanol–water partition coefficient (Wildman–Crippen LogP) is 8.59. The first-order valence-electron chi connectivity index (χ1n) is 23.4. The van der Waals surface area contributed by atoms with Crippen LogP contribution in [0, 0.1) is 12.1 Å². The van der Waals surface area contributed by atoms with Crippen molar-refractivity contribution in [1.82, 2.24) is 18.9 Å². The predicted molar refractivity (Wildman–Crippen MR) is 287 cm³/mol. The van der Waals surface area contributed by atoms with Crippen LogP contribution in [-0.4, -0.2) is 35.1 Å². The topological polar surface area (TPSA) is 44.4 Å². The summed E-state index contributed by atoms with van der Waals surface area (Å²) in [6.07, 6.45) is 5.87. The Morgan fingerprint density at radius 2 is 1.07 bits per heavy atom. The van der Waals surface area contributed by atoms with E-state index in [1.165, 1.54) is 36.5 Å². The molecule has 0 saturated carbocycles. The molecule has 0 saturated heterocycles. The molecule has 1 aliphatic heterocycles. The standard InChI is InChI=1S/C62H40N4OSi2.Pt/c1-5-20-44(21-6-1)68(45-22-7-2-8-23-45,49-34-35-50-51-29-13-14-31-55(51)65-40-39-64-61(65)54(50)42-49)48-28-17-19-43(41-48)66-59-52(53-30-18-38-63-62(53)66)36-37-57-60(59)69(46-24-9-3-10-25-46,47-26-11-4-12-27-47)58-33-16-15-32-56(58)67-57;/h1-40H;/q-2;+2. The van der Waals surface area contributed by atoms with Gasteiger partial charge < -0.3 is 13.7 Å². The van der Waals surface area contributed by atoms with Crippen LogP contribution in [0.3, 0.4) is 0 Å². The number of hydrogen-bond acceptors (Lipinski definition) is 3. The molecule has 4 aromatic heterocycles. The minimum Gasteiger partial charge on any atom is -0.457 e. The molecule has 70 heavy (non-hydrogen) atoms. The Kier molecular flexibility index (Phi) is 10.0. The molecule has 8 heteroatoms. The largest absolute Gasteiger partial charge is 2.00 e. The van der Waals surface area contributed by atoms with Gasteiger partial charge in [0.25, 0.3) is 0 Å². The number of imidazole rings is 1. The molecule has 0 amide bonds. The zero-order chi connectivity index (χ0) is 45.5. The molecule has 0 fully saturated rings. The number of fused-ring (bicyclic) bond motifs is 12. The molecule has 9 aromatic carbocycles. The molecule has 332 valence electrons. The minimum atomic E-state index is -3.24. The van der Waals surface area contributed by atoms with Gasteiger partial charge in [0.2, 0.25) is 0 Å². The van der Waals surface area contributed by atoms with Gasteiger partial charge in [0, 0.05) is 40.1 Å². The van der Waals surface area contributed by atoms with Crippen LogP contribution < -0.4 is 46.2 Å². The molecule has 0 spiro atoms. The van der Waals surface area contributed by atoms with Crippen molar-refractivity contribution in [2.75, 3.05) is 0 Å². The van der Waals surface area contributed by atoms with Gasteiger partial charge in [-0.05, 0) is 67.7 Å². The van der Waals surface area contributed by atoms with Gasteiger partial charge in [-0.3, -0.25) is 4.98 Å². The summed E-state index contributed by atoms with van der Waals surface area (Å²) in [6, 6.07) is 90.0. The van der Waals surface area contributed by atoms with Crippen LogP contribution >= 0.6 is 0 Å². The second kappa shape index (κ2) is 16.6. The fourth-order valence-electron chi connectivity index (χ4n) is 11.7. The van der Waals surface area contributed by atoms with E-state index in [1.54, 1.807) is 0 Å². The summed E-state index contributed by atoms with van der Waals surface area (Å²) < 4.78 is 11.7. The van der Waals surface area contributed by atoms with Crippen LogP contribution in [0.1, 0.15) is 0 Å². The first kappa shape index (κ1) is 42.2. The molecule has 5 heterocycles. The number of para-hydroxylation sites is 2. The van der Waals surface area contributed by atoms with Gasteiger partial charge >= 0.3 is 21.1 Å². The number of pyridine rings is 2. The molecule has 0 atom stereocenters. The number of benzene rings is 9. The van der Waals surface area contributed by atoms with Crippen molar-refractivity contribution in [2.45, 2.75) is 0 Å². The normalized spacial score (nSPS) is 13.0. The average Bonchev–Trinajstić information content (AvgIpc) is 4.06. The second-order valence-corrected chi connectivity index (χ2v) is 25.3. The van der Waals surface area contributed by atoms with E-state index in [0.717, 1.165) is 71.4 Å². The van der Waals surface area contributed by atoms with Gasteiger partial charge in [0.05, 0.1) is 11.2 Å². The fourth-order valence-corrected chi connectivity index (χ4v) is 21.4. The van der Waals surface area contributed by atoms with E-state index in [1.807, 2.05) is 12.4 Å². The smallest absolute Gasteiger partial charge is 0.457 e. The third-order valence-corrected chi connectivity index (χ3v) is 23.9. The number of rotatable bonds is 7. The minimum absolute atomic E-state index is 0. The van der Waals surface area contributed by atoms with Gasteiger partial charge in [0.1, 0.15) is 25.2 Å². The van der Waals surface area contributed by atoms with Crippen LogP contribution in [-0.2, 0) is 21.1 Å². The first-order chi connectivity index (χ1) is 34.2. The van der Waals surface area contributed by atoms with Gasteiger partial charge in [-0.15, -0.1) is 34.8 Å². The first-order valence-corrected chi connectivity index (χ1v) is 27.4. The van der Waals surface area contributed by atoms with E-state index >= 15 is 0 Å². The maximum Gasteiger partial charge on any atom is 2.00 e. The molecule has 14 rings (SSSR count). The molecule has 0 bridgehead atoms. The van der Waals surface area contributed by atoms with E-state index in [2.05, 4.69) is 252 Å². The summed E-state index contributed by atoms with van der Waals surface area (Å²) in [5.74, 6) is 1.76. The summed E-state index contributed by atoms with van der Waals surface area (Å²) in [6.45, 7) is 0. The molecular weight excluding hydrogens is 1070 g/mol. The Hall–Kier alpha value is -7.94. The van der Waals surface area contributed by atoms with Crippen LogP contribution in [0.4, 0.5) is 0 Å². The zero-order valence-electron chi connectivity index (χ0n) is 37.6. The van der Waals surface area contributed by atoms with E-state index in [-0.39, 0.29) is 21.1 Å². The van der Waals surface area contributed by atoms with Crippen LogP contribution in [0.2, 0.25) is 0 Å². The van der Waals surface area contributed by atoms with E-state index in [9.17, 15) is 0 Å². The number of aromatic nitrogens is 4. The van der Waals surface area contributed by atoms with Crippen molar-refractivity contribution in [3.8, 4) is 17.2 Å². The Morgan fingerprint density at radius 3 is 1.81 bits per heavy atom. The van der Waals surface area contributed by atoms with E-state index in [4.69, 9.17) is 14.7 Å². The summed E-state index contributed by atoms with van der Waals surface area (Å²) >= 11 is 0. The quantitative estimate of drug-likeness (QED) is 0.0696. The third-order valence-electron chi connectivity index (χ3n) is 14.5. The van der Waals surface area contributed by atoms with Crippen molar-refractivity contribution in [3.63, 3.8) is 0 Å². The summed E-state index contributed by atoms with van der Waals surface area (Å²) in [5.41, 5.74) is 4.88. The maximum absolute atomic E-state index is 7.10. The number of nitrogens with zero attached hydrogens (tertiary/aromatic N) is 4. The SMILES string of the molecule is [Pt+2].[c-]1c(-n2c3ncccc3c3ccc4c(c32)[Si](c2ccccc2)(c2ccccc2)c2ccccc2O4)cccc1[Si](c1[c-]c2c(cc1)c1ccccc1n1ccnc21)(c1ccccc1)c1ccccc1. The van der Waals surface area contributed by atoms with E-state index < -0.39 is 16.1 Å². The third kappa shape index (κ3) is 5.99. The van der Waals surface area contributed by atoms with Crippen LogP contribution in [0.25, 0.3) is 54.9 Å². The summed E-state index contributed by atoms with van der Waals surface area (Å²) in [7, 11) is -6.37. The Balaban J connectivity index is 0.00000480. The van der Waals surface area contributed by atoms with Gasteiger partial charge in [-0.2, -0.15) is 23.4 Å². The molecular formula is C62H40N4OPtSi2. The van der Waals surface area contributed by atoms with Crippen molar-refractivity contribution >= 4 is 107 Å². The summed E-state index contributed by atoms with van der Waals surface area (Å²) in [5, 5.41) is 15.2. The van der Waals surface area contributed by atoms with Crippen LogP contribution in [0.15, 0.2) is 243 Å². The van der Waals surface area contributed by atoms with E-state index in [0.29, 0.717) is 0 Å². The van der Waals surface area contributed by atoms with Crippen LogP contribution in [0.5, 0.6) is 11.5 Å². The summed E-state index contributed by atoms with van der Waals surface area (Å²) in [4.78, 5) is 10.2. The van der Waals surface area contributed by atoms with Crippen molar-refractivity contribution in [2.24, 2.45) is 0 Å². The molecule has 0 aliphatic carbocycles. The molecule has 0 N–H and O–H groups in total. The number of ether oxygens (including phenoxy) is 1. The molecule has 0 radical (unpaired) electrons. The zero-order valence-corrected chi connectivity index (χ0v) is 41.9. The monoisotopic (exact) mass is 1110 g/mol. The Morgan fingerprint density at radius 1 is 0.457 bits per heavy atom. The van der Waals surface area contributed by atoms with Crippen molar-refractivity contribution < 1.29 is 25.8 Å². The molecule has 5 nitrogen and oxygen atoms in total. The molecule has 0 unspecified atom stereocenters. The van der Waals surface area contributed by atoms with Gasteiger partial charge in [-0.25, -0.2) is 4.98 Å². The van der Waals surface area contributed by atoms with Gasteiger partial charge in [0.15, 0.2) is 8.07 Å². The van der Waals surface area contributed by atoms with Crippen molar-refractivity contribution in [1.29, 1.82) is 0 Å². The van der Waals surface area contributed by atoms with Gasteiger partial charge in [-0.1, -0.05) is 169 Å². The average molecular weight is 1110 g/mol. The molecule has 1 aliphatic rings. The van der Waals surface area contributed by atoms with Crippen molar-refractivity contribution in [3.05, 3.63) is 255 Å². The maximum atomic E-state index is 7.10.